The van der Waals surface area contributed by atoms with E-state index < -0.39 is 0 Å². The van der Waals surface area contributed by atoms with Crippen LogP contribution in [0.25, 0.3) is 22.3 Å². The Morgan fingerprint density at radius 2 is 2.04 bits per heavy atom. The highest BCUT2D eigenvalue weighted by Crippen LogP contribution is 2.33. The molecule has 6 nitrogen and oxygen atoms in total. The van der Waals surface area contributed by atoms with Crippen LogP contribution in [0.1, 0.15) is 17.3 Å². The van der Waals surface area contributed by atoms with E-state index in [1.54, 1.807) is 13.2 Å². The molecular weight excluding hydrogens is 420 g/mol. The Morgan fingerprint density at radius 3 is 2.79 bits per heavy atom. The minimum atomic E-state index is -0.219. The molecule has 0 bridgehead atoms. The third kappa shape index (κ3) is 3.18. The summed E-state index contributed by atoms with van der Waals surface area (Å²) in [4.78, 5) is 12.5. The average molecular weight is 439 g/mol. The fraction of sp³-hybridized carbons (Fsp3) is 0.143. The SMILES string of the molecule is CCn1c(-c2cc(NC(=O)c3ccccc3Br)n[nH]2)cc2c(OC)cccc21. The molecule has 7 heteroatoms. The molecule has 0 unspecified atom stereocenters. The summed E-state index contributed by atoms with van der Waals surface area (Å²) >= 11 is 3.40. The smallest absolute Gasteiger partial charge is 0.258 e. The summed E-state index contributed by atoms with van der Waals surface area (Å²) in [5, 5.41) is 11.2. The molecule has 0 saturated carbocycles. The average Bonchev–Trinajstić information content (AvgIpc) is 3.31. The lowest BCUT2D eigenvalue weighted by Crippen LogP contribution is -2.12. The van der Waals surface area contributed by atoms with Crippen LogP contribution in [0.5, 0.6) is 5.75 Å². The maximum atomic E-state index is 12.5. The fourth-order valence-corrected chi connectivity index (χ4v) is 3.81. The Bertz CT molecular complexity index is 1160. The van der Waals surface area contributed by atoms with Crippen molar-refractivity contribution >= 4 is 38.6 Å². The molecule has 0 fully saturated rings. The molecule has 142 valence electrons. The molecule has 1 amide bonds. The lowest BCUT2D eigenvalue weighted by atomic mass is 10.2. The van der Waals surface area contributed by atoms with Crippen molar-refractivity contribution in [1.29, 1.82) is 0 Å². The first-order valence-electron chi connectivity index (χ1n) is 8.90. The van der Waals surface area contributed by atoms with Gasteiger partial charge >= 0.3 is 0 Å². The molecule has 0 radical (unpaired) electrons. The van der Waals surface area contributed by atoms with E-state index in [1.165, 1.54) is 0 Å². The van der Waals surface area contributed by atoms with Crippen molar-refractivity contribution in [2.45, 2.75) is 13.5 Å². The number of hydrogen-bond donors (Lipinski definition) is 2. The molecule has 28 heavy (non-hydrogen) atoms. The predicted molar refractivity (Wildman–Crippen MR) is 114 cm³/mol. The molecule has 4 aromatic rings. The van der Waals surface area contributed by atoms with Crippen LogP contribution in [0, 0.1) is 0 Å². The van der Waals surface area contributed by atoms with E-state index in [-0.39, 0.29) is 5.91 Å². The number of anilines is 1. The zero-order valence-electron chi connectivity index (χ0n) is 15.5. The second-order valence-electron chi connectivity index (χ2n) is 6.27. The van der Waals surface area contributed by atoms with E-state index in [4.69, 9.17) is 4.74 Å². The number of nitrogens with one attached hydrogen (secondary N) is 2. The van der Waals surface area contributed by atoms with Gasteiger partial charge in [0.15, 0.2) is 5.82 Å². The molecule has 0 saturated heterocycles. The number of carbonyl (C=O) groups is 1. The number of fused-ring (bicyclic) bond motifs is 1. The minimum Gasteiger partial charge on any atom is -0.496 e. The topological polar surface area (TPSA) is 71.9 Å². The number of rotatable bonds is 5. The summed E-state index contributed by atoms with van der Waals surface area (Å²) in [5.74, 6) is 1.08. The van der Waals surface area contributed by atoms with Gasteiger partial charge in [-0.2, -0.15) is 5.10 Å². The van der Waals surface area contributed by atoms with Gasteiger partial charge in [-0.1, -0.05) is 18.2 Å². The Kier molecular flexibility index (Phi) is 4.92. The van der Waals surface area contributed by atoms with Crippen LogP contribution < -0.4 is 10.1 Å². The minimum absolute atomic E-state index is 0.219. The normalized spacial score (nSPS) is 11.0. The van der Waals surface area contributed by atoms with E-state index in [1.807, 2.05) is 36.4 Å². The molecule has 0 aliphatic heterocycles. The van der Waals surface area contributed by atoms with E-state index in [0.717, 1.165) is 39.1 Å². The number of carbonyl (C=O) groups excluding carboxylic acids is 1. The zero-order valence-corrected chi connectivity index (χ0v) is 17.1. The zero-order chi connectivity index (χ0) is 19.7. The summed E-state index contributed by atoms with van der Waals surface area (Å²) in [5.41, 5.74) is 3.45. The molecule has 2 aromatic heterocycles. The van der Waals surface area contributed by atoms with E-state index >= 15 is 0 Å². The van der Waals surface area contributed by atoms with Gasteiger partial charge < -0.3 is 14.6 Å². The summed E-state index contributed by atoms with van der Waals surface area (Å²) in [6.07, 6.45) is 0. The maximum absolute atomic E-state index is 12.5. The summed E-state index contributed by atoms with van der Waals surface area (Å²) in [6.45, 7) is 2.89. The van der Waals surface area contributed by atoms with Crippen LogP contribution in [-0.2, 0) is 6.54 Å². The van der Waals surface area contributed by atoms with Crippen molar-refractivity contribution in [3.63, 3.8) is 0 Å². The fourth-order valence-electron chi connectivity index (χ4n) is 3.35. The van der Waals surface area contributed by atoms with Gasteiger partial charge in [-0.3, -0.25) is 9.89 Å². The van der Waals surface area contributed by atoms with Crippen LogP contribution in [0.2, 0.25) is 0 Å². The van der Waals surface area contributed by atoms with Crippen molar-refractivity contribution in [3.05, 3.63) is 64.6 Å². The second-order valence-corrected chi connectivity index (χ2v) is 7.12. The number of hydrogen-bond acceptors (Lipinski definition) is 3. The van der Waals surface area contributed by atoms with E-state index in [2.05, 4.69) is 55.1 Å². The van der Waals surface area contributed by atoms with Crippen LogP contribution in [0.15, 0.2) is 59.1 Å². The number of amides is 1. The maximum Gasteiger partial charge on any atom is 0.258 e. The van der Waals surface area contributed by atoms with Gasteiger partial charge in [-0.25, -0.2) is 0 Å². The number of H-pyrrole nitrogens is 1. The molecule has 0 aliphatic carbocycles. The van der Waals surface area contributed by atoms with Crippen LogP contribution >= 0.6 is 15.9 Å². The Labute approximate surface area is 170 Å². The highest BCUT2D eigenvalue weighted by Gasteiger charge is 2.16. The van der Waals surface area contributed by atoms with Crippen LogP contribution in [-0.4, -0.2) is 27.8 Å². The third-order valence-electron chi connectivity index (χ3n) is 4.66. The lowest BCUT2D eigenvalue weighted by Gasteiger charge is -2.06. The molecule has 2 aromatic carbocycles. The van der Waals surface area contributed by atoms with Gasteiger partial charge in [0, 0.05) is 22.5 Å². The number of methoxy groups -OCH3 is 1. The first-order chi connectivity index (χ1) is 13.6. The number of aromatic amines is 1. The molecule has 2 heterocycles. The summed E-state index contributed by atoms with van der Waals surface area (Å²) in [6, 6.07) is 17.2. The van der Waals surface area contributed by atoms with Crippen molar-refractivity contribution in [2.75, 3.05) is 12.4 Å². The largest absolute Gasteiger partial charge is 0.496 e. The first kappa shape index (κ1) is 18.3. The van der Waals surface area contributed by atoms with Crippen molar-refractivity contribution in [3.8, 4) is 17.1 Å². The number of benzene rings is 2. The Hall–Kier alpha value is -3.06. The third-order valence-corrected chi connectivity index (χ3v) is 5.35. The number of halogens is 1. The highest BCUT2D eigenvalue weighted by atomic mass is 79.9. The monoisotopic (exact) mass is 438 g/mol. The summed E-state index contributed by atoms with van der Waals surface area (Å²) in [7, 11) is 1.67. The van der Waals surface area contributed by atoms with Crippen LogP contribution in [0.3, 0.4) is 0 Å². The number of aryl methyl sites for hydroxylation is 1. The molecule has 0 aliphatic rings. The quantitative estimate of drug-likeness (QED) is 0.456. The van der Waals surface area contributed by atoms with E-state index in [0.29, 0.717) is 11.4 Å². The van der Waals surface area contributed by atoms with Gasteiger partial charge in [-0.05, 0) is 53.2 Å². The molecule has 2 N–H and O–H groups in total. The highest BCUT2D eigenvalue weighted by molar-refractivity contribution is 9.10. The van der Waals surface area contributed by atoms with Gasteiger partial charge in [0.05, 0.1) is 29.6 Å². The predicted octanol–water partition coefficient (Wildman–Crippen LogP) is 5.07. The van der Waals surface area contributed by atoms with E-state index in [9.17, 15) is 4.79 Å². The Balaban J connectivity index is 1.68. The van der Waals surface area contributed by atoms with Crippen molar-refractivity contribution in [2.24, 2.45) is 0 Å². The molecule has 4 rings (SSSR count). The first-order valence-corrected chi connectivity index (χ1v) is 9.69. The number of nitrogens with zero attached hydrogens (tertiary/aromatic N) is 2. The Morgan fingerprint density at radius 1 is 1.21 bits per heavy atom. The van der Waals surface area contributed by atoms with Crippen LogP contribution in [0.4, 0.5) is 5.82 Å². The summed E-state index contributed by atoms with van der Waals surface area (Å²) < 4.78 is 8.42. The van der Waals surface area contributed by atoms with Crippen molar-refractivity contribution < 1.29 is 9.53 Å². The van der Waals surface area contributed by atoms with Gasteiger partial charge in [0.25, 0.3) is 5.91 Å². The van der Waals surface area contributed by atoms with Gasteiger partial charge in [-0.15, -0.1) is 0 Å². The van der Waals surface area contributed by atoms with Crippen molar-refractivity contribution in [1.82, 2.24) is 14.8 Å². The number of ether oxygens (including phenoxy) is 1. The second kappa shape index (κ2) is 7.52. The van der Waals surface area contributed by atoms with Gasteiger partial charge in [0.1, 0.15) is 5.75 Å². The molecule has 0 atom stereocenters. The molecule has 0 spiro atoms. The number of aromatic nitrogens is 3. The van der Waals surface area contributed by atoms with Gasteiger partial charge in [0.2, 0.25) is 0 Å². The standard InChI is InChI=1S/C21H19BrN4O2/c1-3-26-17-9-6-10-19(28-2)14(17)11-18(26)16-12-20(25-24-16)23-21(27)13-7-4-5-8-15(13)22/h4-12H,3H2,1-2H3,(H2,23,24,25,27). The lowest BCUT2D eigenvalue weighted by molar-refractivity contribution is 0.102. The molecular formula is C21H19BrN4O2.